The number of rotatable bonds is 3. The van der Waals surface area contributed by atoms with Crippen LogP contribution in [-0.2, 0) is 4.74 Å². The van der Waals surface area contributed by atoms with Crippen molar-refractivity contribution >= 4 is 17.5 Å². The SMILES string of the molecule is O=C1O[C@H](Nc2ccc([N+](=O)[O-])c[nH+]2)c2ccccc21. The van der Waals surface area contributed by atoms with Crippen molar-refractivity contribution in [1.29, 1.82) is 0 Å². The zero-order valence-electron chi connectivity index (χ0n) is 10.2. The first-order valence-corrected chi connectivity index (χ1v) is 5.88. The Kier molecular flexibility index (Phi) is 2.79. The lowest BCUT2D eigenvalue weighted by Crippen LogP contribution is -2.18. The Labute approximate surface area is 113 Å². The van der Waals surface area contributed by atoms with Crippen LogP contribution in [0, 0.1) is 10.1 Å². The number of H-pyrrole nitrogens is 1. The molecule has 0 saturated carbocycles. The number of benzene rings is 1. The monoisotopic (exact) mass is 272 g/mol. The van der Waals surface area contributed by atoms with Crippen molar-refractivity contribution < 1.29 is 19.4 Å². The first-order valence-electron chi connectivity index (χ1n) is 5.88. The molecule has 0 spiro atoms. The van der Waals surface area contributed by atoms with Gasteiger partial charge in [0.25, 0.3) is 12.0 Å². The number of anilines is 1. The molecule has 2 heterocycles. The van der Waals surface area contributed by atoms with Crippen LogP contribution >= 0.6 is 0 Å². The summed E-state index contributed by atoms with van der Waals surface area (Å²) < 4.78 is 5.21. The molecule has 0 radical (unpaired) electrons. The zero-order chi connectivity index (χ0) is 14.1. The van der Waals surface area contributed by atoms with Gasteiger partial charge in [0.05, 0.1) is 16.1 Å². The lowest BCUT2D eigenvalue weighted by molar-refractivity contribution is -0.413. The minimum atomic E-state index is -0.601. The second-order valence-corrected chi connectivity index (χ2v) is 4.23. The number of nitrogens with one attached hydrogen (secondary N) is 2. The van der Waals surface area contributed by atoms with E-state index in [4.69, 9.17) is 4.74 Å². The highest BCUT2D eigenvalue weighted by Gasteiger charge is 2.33. The summed E-state index contributed by atoms with van der Waals surface area (Å²) in [7, 11) is 0. The third-order valence-electron chi connectivity index (χ3n) is 2.98. The average molecular weight is 272 g/mol. The molecule has 1 aliphatic rings. The van der Waals surface area contributed by atoms with E-state index in [0.717, 1.165) is 5.56 Å². The van der Waals surface area contributed by atoms with Crippen LogP contribution in [0.5, 0.6) is 0 Å². The van der Waals surface area contributed by atoms with Crippen molar-refractivity contribution in [3.63, 3.8) is 0 Å². The molecule has 0 unspecified atom stereocenters. The van der Waals surface area contributed by atoms with Crippen LogP contribution in [0.2, 0.25) is 0 Å². The molecule has 0 saturated heterocycles. The van der Waals surface area contributed by atoms with Gasteiger partial charge in [0, 0.05) is 12.1 Å². The first kappa shape index (κ1) is 12.1. The standard InChI is InChI=1S/C13H9N3O4/c17-13-10-4-2-1-3-9(10)12(20-13)15-11-6-5-8(7-14-11)16(18)19/h1-7,12H,(H,14,15)/p+1/t12-/m0/s1. The highest BCUT2D eigenvalue weighted by Crippen LogP contribution is 2.30. The van der Waals surface area contributed by atoms with Gasteiger partial charge in [0.15, 0.2) is 6.20 Å². The van der Waals surface area contributed by atoms with E-state index in [1.54, 1.807) is 18.2 Å². The topological polar surface area (TPSA) is 95.6 Å². The van der Waals surface area contributed by atoms with Gasteiger partial charge in [-0.15, -0.1) is 0 Å². The van der Waals surface area contributed by atoms with Gasteiger partial charge < -0.3 is 4.74 Å². The number of ether oxygens (including phenoxy) is 1. The summed E-state index contributed by atoms with van der Waals surface area (Å²) in [6.07, 6.45) is 0.668. The molecule has 0 bridgehead atoms. The summed E-state index contributed by atoms with van der Waals surface area (Å²) in [6, 6.07) is 9.95. The van der Waals surface area contributed by atoms with E-state index in [1.165, 1.54) is 18.3 Å². The molecule has 1 atom stereocenters. The second kappa shape index (κ2) is 4.61. The van der Waals surface area contributed by atoms with Gasteiger partial charge in [-0.3, -0.25) is 10.1 Å². The Hall–Kier alpha value is -2.96. The highest BCUT2D eigenvalue weighted by atomic mass is 16.6. The largest absolute Gasteiger partial charge is 0.414 e. The highest BCUT2D eigenvalue weighted by molar-refractivity contribution is 5.94. The molecule has 7 heteroatoms. The molecule has 3 rings (SSSR count). The summed E-state index contributed by atoms with van der Waals surface area (Å²) in [4.78, 5) is 24.5. The van der Waals surface area contributed by atoms with Crippen molar-refractivity contribution in [2.24, 2.45) is 0 Å². The Morgan fingerprint density at radius 2 is 2.05 bits per heavy atom. The van der Waals surface area contributed by atoms with Crippen molar-refractivity contribution in [1.82, 2.24) is 0 Å². The van der Waals surface area contributed by atoms with Crippen LogP contribution in [0.25, 0.3) is 0 Å². The minimum absolute atomic E-state index is 0.0423. The van der Waals surface area contributed by atoms with Gasteiger partial charge in [-0.05, 0) is 6.07 Å². The molecule has 0 fully saturated rings. The van der Waals surface area contributed by atoms with E-state index >= 15 is 0 Å². The number of hydrogen-bond donors (Lipinski definition) is 1. The minimum Gasteiger partial charge on any atom is -0.414 e. The molecule has 0 amide bonds. The smallest absolute Gasteiger partial charge is 0.342 e. The Morgan fingerprint density at radius 1 is 1.25 bits per heavy atom. The first-order chi connectivity index (χ1) is 9.65. The molecule has 1 aromatic heterocycles. The molecule has 7 nitrogen and oxygen atoms in total. The lowest BCUT2D eigenvalue weighted by Gasteiger charge is -2.07. The van der Waals surface area contributed by atoms with E-state index < -0.39 is 11.2 Å². The predicted molar refractivity (Wildman–Crippen MR) is 67.9 cm³/mol. The van der Waals surface area contributed by atoms with Crippen LogP contribution in [-0.4, -0.2) is 10.9 Å². The Morgan fingerprint density at radius 3 is 2.75 bits per heavy atom. The van der Waals surface area contributed by atoms with E-state index in [9.17, 15) is 14.9 Å². The fourth-order valence-corrected chi connectivity index (χ4v) is 2.01. The number of nitrogens with zero attached hydrogens (tertiary/aromatic N) is 1. The quantitative estimate of drug-likeness (QED) is 0.521. The van der Waals surface area contributed by atoms with Crippen LogP contribution in [0.3, 0.4) is 0 Å². The normalized spacial score (nSPS) is 16.4. The molecule has 2 aromatic rings. The van der Waals surface area contributed by atoms with Gasteiger partial charge in [0.2, 0.25) is 0 Å². The summed E-state index contributed by atoms with van der Waals surface area (Å²) >= 11 is 0. The molecule has 100 valence electrons. The fraction of sp³-hybridized carbons (Fsp3) is 0.0769. The molecule has 2 N–H and O–H groups in total. The van der Waals surface area contributed by atoms with Crippen molar-refractivity contribution in [2.45, 2.75) is 6.23 Å². The van der Waals surface area contributed by atoms with Gasteiger partial charge in [-0.2, -0.15) is 0 Å². The van der Waals surface area contributed by atoms with E-state index in [-0.39, 0.29) is 11.7 Å². The molecule has 1 aromatic carbocycles. The van der Waals surface area contributed by atoms with Crippen molar-refractivity contribution in [3.8, 4) is 0 Å². The number of hydrogen-bond acceptors (Lipinski definition) is 5. The van der Waals surface area contributed by atoms with Crippen LogP contribution in [0.1, 0.15) is 22.1 Å². The Bertz CT molecular complexity index is 684. The number of carbonyl (C=O) groups is 1. The van der Waals surface area contributed by atoms with E-state index in [1.807, 2.05) is 6.07 Å². The van der Waals surface area contributed by atoms with Crippen molar-refractivity contribution in [3.05, 3.63) is 63.8 Å². The third-order valence-corrected chi connectivity index (χ3v) is 2.98. The molecular weight excluding hydrogens is 262 g/mol. The summed E-state index contributed by atoms with van der Waals surface area (Å²) in [5.74, 6) is 0.130. The van der Waals surface area contributed by atoms with Gasteiger partial charge in [-0.1, -0.05) is 18.2 Å². The number of aromatic amines is 1. The van der Waals surface area contributed by atoms with Crippen molar-refractivity contribution in [2.75, 3.05) is 5.32 Å². The van der Waals surface area contributed by atoms with E-state index in [0.29, 0.717) is 11.4 Å². The van der Waals surface area contributed by atoms with Crippen LogP contribution in [0.4, 0.5) is 11.5 Å². The summed E-state index contributed by atoms with van der Waals surface area (Å²) in [5.41, 5.74) is 1.22. The summed E-state index contributed by atoms with van der Waals surface area (Å²) in [6.45, 7) is 0. The van der Waals surface area contributed by atoms with E-state index in [2.05, 4.69) is 10.3 Å². The zero-order valence-corrected chi connectivity index (χ0v) is 10.2. The van der Waals surface area contributed by atoms with Crippen LogP contribution in [0.15, 0.2) is 42.6 Å². The maximum atomic E-state index is 11.6. The van der Waals surface area contributed by atoms with Gasteiger partial charge in [-0.25, -0.2) is 15.1 Å². The number of fused-ring (bicyclic) bond motifs is 1. The van der Waals surface area contributed by atoms with Gasteiger partial charge in [0.1, 0.15) is 0 Å². The maximum absolute atomic E-state index is 11.6. The number of esters is 1. The fourth-order valence-electron chi connectivity index (χ4n) is 2.01. The number of cyclic esters (lactones) is 1. The molecular formula is C13H10N3O4+. The molecule has 20 heavy (non-hydrogen) atoms. The van der Waals surface area contributed by atoms with Crippen LogP contribution < -0.4 is 10.3 Å². The number of pyridine rings is 1. The number of carbonyl (C=O) groups excluding carboxylic acids is 1. The number of aromatic nitrogens is 1. The predicted octanol–water partition coefficient (Wildman–Crippen LogP) is 1.69. The maximum Gasteiger partial charge on any atom is 0.342 e. The Balaban J connectivity index is 1.82. The third kappa shape index (κ3) is 2.05. The number of nitro groups is 1. The second-order valence-electron chi connectivity index (χ2n) is 4.23. The summed E-state index contributed by atoms with van der Waals surface area (Å²) in [5, 5.41) is 13.5. The lowest BCUT2D eigenvalue weighted by atomic mass is 10.1. The molecule has 0 aliphatic carbocycles. The van der Waals surface area contributed by atoms with Gasteiger partial charge >= 0.3 is 11.7 Å². The average Bonchev–Trinajstić information content (AvgIpc) is 2.77. The molecule has 1 aliphatic heterocycles.